The smallest absolute Gasteiger partial charge is 0.341 e. The van der Waals surface area contributed by atoms with Gasteiger partial charge in [-0.3, -0.25) is 9.69 Å². The first-order chi connectivity index (χ1) is 18.3. The number of hydrogen-bond donors (Lipinski definition) is 2. The topological polar surface area (TPSA) is 113 Å². The fourth-order valence-electron chi connectivity index (χ4n) is 5.25. The molecule has 1 saturated carbocycles. The predicted octanol–water partition coefficient (Wildman–Crippen LogP) is 4.95. The molecule has 9 nitrogen and oxygen atoms in total. The number of benzene rings is 1. The zero-order chi connectivity index (χ0) is 27.0. The molecule has 1 fully saturated rings. The van der Waals surface area contributed by atoms with Crippen LogP contribution in [0.4, 0.5) is 5.82 Å². The van der Waals surface area contributed by atoms with Crippen molar-refractivity contribution in [3.05, 3.63) is 66.1 Å². The fraction of sp³-hybridized carbons (Fsp3) is 0.379. The summed E-state index contributed by atoms with van der Waals surface area (Å²) in [4.78, 5) is 32.0. The molecule has 0 saturated heterocycles. The summed E-state index contributed by atoms with van der Waals surface area (Å²) in [5.74, 6) is -0.499. The standard InChI is InChI=1S/C29H33N5O4/c1-18(2)34(28(36)21-8-6-19(3)7-9-21)27-24(29(37)38)15-33(31-27)23-12-10-20(11-13-23)25-16-32-14-4-5-22(17-35)26(32)30-25/h4-5,10-16,18-19,21,35H,6-9,17H2,1-3H3,(H,37,38). The minimum atomic E-state index is -1.12. The van der Waals surface area contributed by atoms with Crippen LogP contribution in [0.5, 0.6) is 0 Å². The number of carbonyl (C=O) groups excluding carboxylic acids is 1. The van der Waals surface area contributed by atoms with Crippen LogP contribution in [-0.4, -0.2) is 47.3 Å². The molecule has 2 N–H and O–H groups in total. The zero-order valence-corrected chi connectivity index (χ0v) is 21.9. The first-order valence-electron chi connectivity index (χ1n) is 13.1. The molecule has 0 radical (unpaired) electrons. The SMILES string of the molecule is CC1CCC(C(=O)N(c2nn(-c3ccc(-c4cn5cccc(CO)c5n4)cc3)cc2C(=O)O)C(C)C)CC1. The van der Waals surface area contributed by atoms with Crippen LogP contribution in [0.15, 0.2) is 55.0 Å². The van der Waals surface area contributed by atoms with E-state index in [0.717, 1.165) is 42.5 Å². The van der Waals surface area contributed by atoms with E-state index >= 15 is 0 Å². The van der Waals surface area contributed by atoms with Gasteiger partial charge in [-0.15, -0.1) is 5.10 Å². The normalized spacial score (nSPS) is 17.7. The molecule has 0 aliphatic heterocycles. The van der Waals surface area contributed by atoms with Crippen LogP contribution in [0.25, 0.3) is 22.6 Å². The lowest BCUT2D eigenvalue weighted by Crippen LogP contribution is -2.43. The van der Waals surface area contributed by atoms with Crippen molar-refractivity contribution in [2.75, 3.05) is 4.90 Å². The van der Waals surface area contributed by atoms with Crippen LogP contribution in [0.2, 0.25) is 0 Å². The Kier molecular flexibility index (Phi) is 7.03. The van der Waals surface area contributed by atoms with E-state index in [9.17, 15) is 19.8 Å². The second-order valence-corrected chi connectivity index (χ2v) is 10.5. The van der Waals surface area contributed by atoms with Gasteiger partial charge >= 0.3 is 5.97 Å². The van der Waals surface area contributed by atoms with Crippen molar-refractivity contribution in [1.29, 1.82) is 0 Å². The highest BCUT2D eigenvalue weighted by atomic mass is 16.4. The monoisotopic (exact) mass is 515 g/mol. The molecule has 198 valence electrons. The van der Waals surface area contributed by atoms with Gasteiger partial charge in [0.15, 0.2) is 5.82 Å². The molecule has 9 heteroatoms. The number of amides is 1. The highest BCUT2D eigenvalue weighted by Crippen LogP contribution is 2.33. The number of pyridine rings is 1. The second-order valence-electron chi connectivity index (χ2n) is 10.5. The number of carboxylic acid groups (broad SMARTS) is 1. The molecule has 1 aliphatic rings. The number of rotatable bonds is 7. The van der Waals surface area contributed by atoms with Gasteiger partial charge in [-0.1, -0.05) is 25.1 Å². The molecule has 3 aromatic heterocycles. The maximum atomic E-state index is 13.5. The number of aromatic nitrogens is 4. The Bertz CT molecular complexity index is 1460. The van der Waals surface area contributed by atoms with Crippen molar-refractivity contribution in [1.82, 2.24) is 19.2 Å². The van der Waals surface area contributed by atoms with Crippen LogP contribution in [0, 0.1) is 11.8 Å². The van der Waals surface area contributed by atoms with Crippen molar-refractivity contribution in [2.24, 2.45) is 11.8 Å². The van der Waals surface area contributed by atoms with Gasteiger partial charge in [0.1, 0.15) is 11.2 Å². The number of nitrogens with zero attached hydrogens (tertiary/aromatic N) is 5. The van der Waals surface area contributed by atoms with Crippen molar-refractivity contribution >= 4 is 23.3 Å². The van der Waals surface area contributed by atoms with E-state index in [-0.39, 0.29) is 35.9 Å². The minimum Gasteiger partial charge on any atom is -0.477 e. The van der Waals surface area contributed by atoms with Crippen molar-refractivity contribution < 1.29 is 19.8 Å². The second kappa shape index (κ2) is 10.4. The lowest BCUT2D eigenvalue weighted by atomic mass is 9.82. The molecule has 5 rings (SSSR count). The quantitative estimate of drug-likeness (QED) is 0.360. The number of carbonyl (C=O) groups is 2. The average Bonchev–Trinajstić information content (AvgIpc) is 3.54. The van der Waals surface area contributed by atoms with E-state index in [2.05, 4.69) is 17.0 Å². The molecule has 1 amide bonds. The summed E-state index contributed by atoms with van der Waals surface area (Å²) in [5.41, 5.74) is 3.73. The molecule has 1 aromatic carbocycles. The average molecular weight is 516 g/mol. The number of anilines is 1. The summed E-state index contributed by atoms with van der Waals surface area (Å²) >= 11 is 0. The summed E-state index contributed by atoms with van der Waals surface area (Å²) < 4.78 is 3.39. The third-order valence-corrected chi connectivity index (χ3v) is 7.43. The first kappa shape index (κ1) is 25.7. The Balaban J connectivity index is 1.46. The van der Waals surface area contributed by atoms with Crippen molar-refractivity contribution in [3.8, 4) is 16.9 Å². The number of aliphatic hydroxyl groups excluding tert-OH is 1. The number of aliphatic hydroxyl groups is 1. The van der Waals surface area contributed by atoms with Gasteiger partial charge in [0.2, 0.25) is 5.91 Å². The summed E-state index contributed by atoms with van der Waals surface area (Å²) in [5, 5.41) is 24.2. The number of aromatic carboxylic acids is 1. The summed E-state index contributed by atoms with van der Waals surface area (Å²) in [6.07, 6.45) is 8.89. The van der Waals surface area contributed by atoms with E-state index in [4.69, 9.17) is 0 Å². The van der Waals surface area contributed by atoms with E-state index in [1.54, 1.807) is 4.90 Å². The fourth-order valence-corrected chi connectivity index (χ4v) is 5.25. The Morgan fingerprint density at radius 3 is 2.42 bits per heavy atom. The zero-order valence-electron chi connectivity index (χ0n) is 21.9. The van der Waals surface area contributed by atoms with Crippen LogP contribution in [-0.2, 0) is 11.4 Å². The van der Waals surface area contributed by atoms with Gasteiger partial charge < -0.3 is 14.6 Å². The Morgan fingerprint density at radius 1 is 1.08 bits per heavy atom. The molecular weight excluding hydrogens is 482 g/mol. The molecule has 0 atom stereocenters. The van der Waals surface area contributed by atoms with E-state index in [1.807, 2.05) is 67.0 Å². The summed E-state index contributed by atoms with van der Waals surface area (Å²) in [6, 6.07) is 11.0. The number of carboxylic acids is 1. The molecule has 1 aliphatic carbocycles. The van der Waals surface area contributed by atoms with Gasteiger partial charge in [-0.05, 0) is 63.6 Å². The van der Waals surface area contributed by atoms with Crippen LogP contribution in [0.1, 0.15) is 62.4 Å². The molecule has 0 unspecified atom stereocenters. The highest BCUT2D eigenvalue weighted by molar-refractivity contribution is 6.01. The van der Waals surface area contributed by atoms with Crippen molar-refractivity contribution in [2.45, 2.75) is 59.1 Å². The molecular formula is C29H33N5O4. The molecule has 38 heavy (non-hydrogen) atoms. The number of fused-ring (bicyclic) bond motifs is 1. The van der Waals surface area contributed by atoms with Gasteiger partial charge in [-0.2, -0.15) is 0 Å². The lowest BCUT2D eigenvalue weighted by Gasteiger charge is -2.32. The van der Waals surface area contributed by atoms with E-state index in [1.165, 1.54) is 10.9 Å². The third kappa shape index (κ3) is 4.81. The third-order valence-electron chi connectivity index (χ3n) is 7.43. The Hall–Kier alpha value is -3.98. The summed E-state index contributed by atoms with van der Waals surface area (Å²) in [6.45, 7) is 5.89. The summed E-state index contributed by atoms with van der Waals surface area (Å²) in [7, 11) is 0. The minimum absolute atomic E-state index is 0.00260. The van der Waals surface area contributed by atoms with Gasteiger partial charge in [0, 0.05) is 41.7 Å². The molecule has 3 heterocycles. The van der Waals surface area contributed by atoms with E-state index < -0.39 is 5.97 Å². The lowest BCUT2D eigenvalue weighted by molar-refractivity contribution is -0.124. The maximum absolute atomic E-state index is 13.5. The van der Waals surface area contributed by atoms with Gasteiger partial charge in [0.25, 0.3) is 0 Å². The van der Waals surface area contributed by atoms with Crippen LogP contribution < -0.4 is 4.90 Å². The predicted molar refractivity (Wildman–Crippen MR) is 144 cm³/mol. The largest absolute Gasteiger partial charge is 0.477 e. The highest BCUT2D eigenvalue weighted by Gasteiger charge is 2.34. The van der Waals surface area contributed by atoms with Crippen LogP contribution in [0.3, 0.4) is 0 Å². The molecule has 0 spiro atoms. The van der Waals surface area contributed by atoms with Crippen molar-refractivity contribution in [3.63, 3.8) is 0 Å². The molecule has 0 bridgehead atoms. The maximum Gasteiger partial charge on any atom is 0.341 e. The number of imidazole rings is 1. The van der Waals surface area contributed by atoms with Gasteiger partial charge in [-0.25, -0.2) is 14.5 Å². The first-order valence-corrected chi connectivity index (χ1v) is 13.1. The molecule has 4 aromatic rings. The number of hydrogen-bond acceptors (Lipinski definition) is 5. The Morgan fingerprint density at radius 2 is 1.79 bits per heavy atom. The van der Waals surface area contributed by atoms with Gasteiger partial charge in [0.05, 0.1) is 18.0 Å². The Labute approximate surface area is 221 Å². The van der Waals surface area contributed by atoms with E-state index in [0.29, 0.717) is 17.3 Å². The van der Waals surface area contributed by atoms with Crippen LogP contribution >= 0.6 is 0 Å².